The summed E-state index contributed by atoms with van der Waals surface area (Å²) in [6, 6.07) is 9.97. The maximum absolute atomic E-state index is 12.9. The molecular weight excluding hydrogens is 346 g/mol. The molecule has 0 saturated carbocycles. The van der Waals surface area contributed by atoms with Crippen molar-refractivity contribution in [3.63, 3.8) is 0 Å². The Balaban J connectivity index is 1.45. The van der Waals surface area contributed by atoms with Crippen molar-refractivity contribution in [3.8, 4) is 23.0 Å². The topological polar surface area (TPSA) is 57.2 Å². The molecule has 0 aromatic heterocycles. The van der Waals surface area contributed by atoms with Crippen LogP contribution in [0, 0.1) is 0 Å². The molecule has 4 aliphatic heterocycles. The van der Waals surface area contributed by atoms with Gasteiger partial charge in [0, 0.05) is 30.1 Å². The Morgan fingerprint density at radius 2 is 1.63 bits per heavy atom. The number of rotatable bonds is 1. The van der Waals surface area contributed by atoms with Gasteiger partial charge in [0.25, 0.3) is 0 Å². The van der Waals surface area contributed by atoms with Crippen LogP contribution in [0.15, 0.2) is 36.4 Å². The number of amides is 1. The number of ether oxygens (including phenoxy) is 4. The third kappa shape index (κ3) is 2.22. The molecule has 0 unspecified atom stereocenters. The van der Waals surface area contributed by atoms with E-state index in [4.69, 9.17) is 18.9 Å². The Morgan fingerprint density at radius 1 is 0.889 bits per heavy atom. The predicted molar refractivity (Wildman–Crippen MR) is 95.9 cm³/mol. The molecule has 0 saturated heterocycles. The summed E-state index contributed by atoms with van der Waals surface area (Å²) in [5.74, 6) is 3.19. The van der Waals surface area contributed by atoms with Gasteiger partial charge in [0.1, 0.15) is 0 Å². The summed E-state index contributed by atoms with van der Waals surface area (Å²) in [5, 5.41) is 0. The molecule has 0 N–H and O–H groups in total. The van der Waals surface area contributed by atoms with E-state index in [1.807, 2.05) is 35.2 Å². The number of hydrogen-bond donors (Lipinski definition) is 0. The standard InChI is InChI=1S/C21H17NO5/c23-21-8-14(12-1-2-17-18(6-12)25-10-24-17)5-16-15-9-20-19(26-11-27-20)7-13(15)3-4-22(16)21/h1-2,5-7,9,14H,3-4,8,10-11H2/t14-/m0/s1. The molecule has 27 heavy (non-hydrogen) atoms. The SMILES string of the molecule is O=C1C[C@@H](c2ccc3c(c2)OCO3)C=C2c3cc4c(cc3CCN12)OCO4. The fraction of sp³-hybridized carbons (Fsp3) is 0.286. The van der Waals surface area contributed by atoms with Crippen LogP contribution in [-0.2, 0) is 11.2 Å². The van der Waals surface area contributed by atoms with Gasteiger partial charge in [0.15, 0.2) is 23.0 Å². The van der Waals surface area contributed by atoms with Gasteiger partial charge < -0.3 is 23.8 Å². The molecule has 0 bridgehead atoms. The average molecular weight is 363 g/mol. The Hall–Kier alpha value is -3.15. The molecule has 0 aliphatic carbocycles. The largest absolute Gasteiger partial charge is 0.454 e. The first-order valence-electron chi connectivity index (χ1n) is 9.11. The lowest BCUT2D eigenvalue weighted by Gasteiger charge is -2.36. The Bertz CT molecular complexity index is 1010. The highest BCUT2D eigenvalue weighted by Gasteiger charge is 2.34. The van der Waals surface area contributed by atoms with Crippen LogP contribution in [0.2, 0.25) is 0 Å². The first kappa shape index (κ1) is 15.0. The van der Waals surface area contributed by atoms with Gasteiger partial charge in [-0.05, 0) is 41.8 Å². The van der Waals surface area contributed by atoms with Crippen LogP contribution >= 0.6 is 0 Å². The second-order valence-electron chi connectivity index (χ2n) is 7.13. The van der Waals surface area contributed by atoms with Crippen LogP contribution in [0.4, 0.5) is 0 Å². The van der Waals surface area contributed by atoms with Crippen molar-refractivity contribution in [1.29, 1.82) is 0 Å². The highest BCUT2D eigenvalue weighted by Crippen LogP contribution is 2.44. The normalized spacial score (nSPS) is 21.6. The number of allylic oxidation sites excluding steroid dienone is 1. The van der Waals surface area contributed by atoms with Crippen LogP contribution < -0.4 is 18.9 Å². The predicted octanol–water partition coefficient (Wildman–Crippen LogP) is 3.06. The van der Waals surface area contributed by atoms with Gasteiger partial charge in [-0.15, -0.1) is 0 Å². The molecule has 2 aromatic carbocycles. The summed E-state index contributed by atoms with van der Waals surface area (Å²) >= 11 is 0. The van der Waals surface area contributed by atoms with E-state index in [1.165, 1.54) is 5.56 Å². The molecule has 6 heteroatoms. The molecule has 6 nitrogen and oxygen atoms in total. The Morgan fingerprint density at radius 3 is 2.48 bits per heavy atom. The van der Waals surface area contributed by atoms with Crippen LogP contribution in [0.25, 0.3) is 5.70 Å². The van der Waals surface area contributed by atoms with E-state index in [-0.39, 0.29) is 25.4 Å². The first-order valence-corrected chi connectivity index (χ1v) is 9.11. The van der Waals surface area contributed by atoms with Crippen molar-refractivity contribution in [2.45, 2.75) is 18.8 Å². The molecule has 6 rings (SSSR count). The average Bonchev–Trinajstić information content (AvgIpc) is 3.34. The fourth-order valence-corrected chi connectivity index (χ4v) is 4.27. The quantitative estimate of drug-likeness (QED) is 0.779. The van der Waals surface area contributed by atoms with Crippen LogP contribution in [0.1, 0.15) is 29.0 Å². The minimum atomic E-state index is 0.00891. The highest BCUT2D eigenvalue weighted by atomic mass is 16.7. The third-order valence-electron chi connectivity index (χ3n) is 5.65. The van der Waals surface area contributed by atoms with Crippen molar-refractivity contribution < 1.29 is 23.7 Å². The smallest absolute Gasteiger partial charge is 0.231 e. The van der Waals surface area contributed by atoms with Gasteiger partial charge in [0.2, 0.25) is 19.5 Å². The van der Waals surface area contributed by atoms with E-state index < -0.39 is 0 Å². The van der Waals surface area contributed by atoms with E-state index in [9.17, 15) is 4.79 Å². The van der Waals surface area contributed by atoms with Crippen molar-refractivity contribution in [1.82, 2.24) is 4.90 Å². The second-order valence-corrected chi connectivity index (χ2v) is 7.13. The Kier molecular flexibility index (Phi) is 3.01. The first-order chi connectivity index (χ1) is 13.3. The molecule has 1 atom stereocenters. The number of carbonyl (C=O) groups is 1. The van der Waals surface area contributed by atoms with Gasteiger partial charge >= 0.3 is 0 Å². The lowest BCUT2D eigenvalue weighted by molar-refractivity contribution is -0.128. The minimum Gasteiger partial charge on any atom is -0.454 e. The third-order valence-corrected chi connectivity index (χ3v) is 5.65. The molecule has 0 spiro atoms. The Labute approximate surface area is 155 Å². The molecule has 1 amide bonds. The summed E-state index contributed by atoms with van der Waals surface area (Å²) in [4.78, 5) is 14.8. The fourth-order valence-electron chi connectivity index (χ4n) is 4.27. The lowest BCUT2D eigenvalue weighted by atomic mass is 9.85. The monoisotopic (exact) mass is 363 g/mol. The summed E-state index contributed by atoms with van der Waals surface area (Å²) in [6.07, 6.45) is 3.48. The van der Waals surface area contributed by atoms with Crippen LogP contribution in [0.3, 0.4) is 0 Å². The minimum absolute atomic E-state index is 0.00891. The summed E-state index contributed by atoms with van der Waals surface area (Å²) < 4.78 is 22.0. The number of fused-ring (bicyclic) bond motifs is 5. The molecule has 2 aromatic rings. The molecule has 0 fully saturated rings. The van der Waals surface area contributed by atoms with Gasteiger partial charge in [-0.3, -0.25) is 4.79 Å². The maximum atomic E-state index is 12.9. The van der Waals surface area contributed by atoms with E-state index in [2.05, 4.69) is 6.08 Å². The van der Waals surface area contributed by atoms with Crippen molar-refractivity contribution >= 4 is 11.6 Å². The molecule has 136 valence electrons. The van der Waals surface area contributed by atoms with Gasteiger partial charge in [-0.1, -0.05) is 12.1 Å². The highest BCUT2D eigenvalue weighted by molar-refractivity contribution is 5.92. The van der Waals surface area contributed by atoms with E-state index >= 15 is 0 Å². The molecule has 0 radical (unpaired) electrons. The number of benzene rings is 2. The van der Waals surface area contributed by atoms with Crippen molar-refractivity contribution in [2.24, 2.45) is 0 Å². The van der Waals surface area contributed by atoms with E-state index in [0.29, 0.717) is 13.0 Å². The zero-order valence-electron chi connectivity index (χ0n) is 14.6. The van der Waals surface area contributed by atoms with E-state index in [0.717, 1.165) is 46.2 Å². The maximum Gasteiger partial charge on any atom is 0.231 e. The number of carbonyl (C=O) groups excluding carboxylic acids is 1. The second kappa shape index (κ2) is 5.42. The molecular formula is C21H17NO5. The van der Waals surface area contributed by atoms with Crippen LogP contribution in [-0.4, -0.2) is 30.9 Å². The summed E-state index contributed by atoms with van der Waals surface area (Å²) in [7, 11) is 0. The number of nitrogens with zero attached hydrogens (tertiary/aromatic N) is 1. The van der Waals surface area contributed by atoms with Crippen molar-refractivity contribution in [3.05, 3.63) is 53.1 Å². The van der Waals surface area contributed by atoms with Crippen molar-refractivity contribution in [2.75, 3.05) is 20.1 Å². The van der Waals surface area contributed by atoms with Crippen LogP contribution in [0.5, 0.6) is 23.0 Å². The van der Waals surface area contributed by atoms with Gasteiger partial charge in [0.05, 0.1) is 0 Å². The van der Waals surface area contributed by atoms with E-state index in [1.54, 1.807) is 0 Å². The molecule has 4 aliphatic rings. The number of hydrogen-bond acceptors (Lipinski definition) is 5. The lowest BCUT2D eigenvalue weighted by Crippen LogP contribution is -2.38. The summed E-state index contributed by atoms with van der Waals surface area (Å²) in [5.41, 5.74) is 4.28. The molecule has 4 heterocycles. The zero-order chi connectivity index (χ0) is 18.0. The van der Waals surface area contributed by atoms with Gasteiger partial charge in [-0.25, -0.2) is 0 Å². The van der Waals surface area contributed by atoms with Gasteiger partial charge in [-0.2, -0.15) is 0 Å². The zero-order valence-corrected chi connectivity index (χ0v) is 14.6. The summed E-state index contributed by atoms with van der Waals surface area (Å²) in [6.45, 7) is 1.20.